The van der Waals surface area contributed by atoms with Crippen LogP contribution in [0.3, 0.4) is 0 Å². The van der Waals surface area contributed by atoms with Gasteiger partial charge in [-0.3, -0.25) is 9.59 Å². The maximum absolute atomic E-state index is 12.2. The van der Waals surface area contributed by atoms with Crippen molar-refractivity contribution in [2.24, 2.45) is 16.3 Å². The molecule has 2 aliphatic rings. The molecule has 6 heteroatoms. The molecule has 2 amide bonds. The van der Waals surface area contributed by atoms with Gasteiger partial charge in [-0.05, 0) is 54.3 Å². The van der Waals surface area contributed by atoms with Crippen LogP contribution in [0.15, 0.2) is 64.8 Å². The minimum Gasteiger partial charge on any atom is -0.494 e. The molecule has 3 rings (SSSR count). The molecule has 1 aromatic carbocycles. The summed E-state index contributed by atoms with van der Waals surface area (Å²) in [5, 5.41) is 2.86. The Morgan fingerprint density at radius 1 is 1.10 bits per heavy atom. The van der Waals surface area contributed by atoms with Crippen molar-refractivity contribution in [3.8, 4) is 11.5 Å². The summed E-state index contributed by atoms with van der Waals surface area (Å²) >= 11 is 0. The molecule has 1 unspecified atom stereocenters. The van der Waals surface area contributed by atoms with Gasteiger partial charge in [0.1, 0.15) is 11.5 Å². The van der Waals surface area contributed by atoms with E-state index in [0.717, 1.165) is 17.0 Å². The highest BCUT2D eigenvalue weighted by molar-refractivity contribution is 6.11. The first-order chi connectivity index (χ1) is 13.8. The second-order valence-corrected chi connectivity index (χ2v) is 7.90. The number of ether oxygens (including phenoxy) is 2. The lowest BCUT2D eigenvalue weighted by molar-refractivity contribution is -0.119. The van der Waals surface area contributed by atoms with Gasteiger partial charge in [-0.1, -0.05) is 26.8 Å². The van der Waals surface area contributed by atoms with E-state index >= 15 is 0 Å². The van der Waals surface area contributed by atoms with Crippen molar-refractivity contribution in [1.29, 1.82) is 0 Å². The smallest absolute Gasteiger partial charge is 0.284 e. The third-order valence-corrected chi connectivity index (χ3v) is 4.60. The average molecular weight is 394 g/mol. The number of carbonyl (C=O) groups excluding carboxylic acids is 2. The maximum Gasteiger partial charge on any atom is 0.284 e. The van der Waals surface area contributed by atoms with Crippen LogP contribution in [0.4, 0.5) is 0 Å². The van der Waals surface area contributed by atoms with E-state index in [1.807, 2.05) is 13.0 Å². The highest BCUT2D eigenvalue weighted by Gasteiger charge is 2.32. The third-order valence-electron chi connectivity index (χ3n) is 4.60. The molecular weight excluding hydrogens is 368 g/mol. The largest absolute Gasteiger partial charge is 0.494 e. The Morgan fingerprint density at radius 2 is 1.76 bits per heavy atom. The average Bonchev–Trinajstić information content (AvgIpc) is 2.66. The molecule has 1 aliphatic heterocycles. The van der Waals surface area contributed by atoms with Crippen molar-refractivity contribution >= 4 is 17.5 Å². The fourth-order valence-corrected chi connectivity index (χ4v) is 3.26. The number of fused-ring (bicyclic) bond motifs is 1. The molecule has 1 heterocycles. The Morgan fingerprint density at radius 3 is 2.38 bits per heavy atom. The number of aliphatic imine (C=N–C) groups is 1. The normalized spacial score (nSPS) is 19.8. The Bertz CT molecular complexity index is 915. The topological polar surface area (TPSA) is 77.0 Å². The molecule has 1 atom stereocenters. The van der Waals surface area contributed by atoms with Crippen LogP contribution in [0.5, 0.6) is 11.5 Å². The van der Waals surface area contributed by atoms with E-state index in [1.165, 1.54) is 0 Å². The summed E-state index contributed by atoms with van der Waals surface area (Å²) in [4.78, 5) is 28.3. The number of amides is 2. The van der Waals surface area contributed by atoms with Crippen LogP contribution in [0, 0.1) is 11.3 Å². The second-order valence-electron chi connectivity index (χ2n) is 7.90. The van der Waals surface area contributed by atoms with E-state index in [-0.39, 0.29) is 23.8 Å². The molecular formula is C23H26N2O4. The maximum atomic E-state index is 12.2. The Hall–Kier alpha value is -3.15. The molecule has 152 valence electrons. The van der Waals surface area contributed by atoms with Gasteiger partial charge in [0.25, 0.3) is 5.91 Å². The Labute approximate surface area is 171 Å². The minimum absolute atomic E-state index is 0.0122. The fraction of sp³-hybridized carbons (Fsp3) is 0.348. The SMILES string of the molecule is CCOc1ccc(OCC(=O)N=C2C=CC3C(=C2)NC(=O)C=C3C(C)(C)C)cc1. The molecule has 1 aromatic rings. The molecule has 0 radical (unpaired) electrons. The summed E-state index contributed by atoms with van der Waals surface area (Å²) < 4.78 is 10.9. The van der Waals surface area contributed by atoms with Gasteiger partial charge in [0, 0.05) is 17.7 Å². The Balaban J connectivity index is 1.65. The van der Waals surface area contributed by atoms with Crippen molar-refractivity contribution in [3.05, 3.63) is 59.8 Å². The van der Waals surface area contributed by atoms with Crippen molar-refractivity contribution in [3.63, 3.8) is 0 Å². The number of allylic oxidation sites excluding steroid dienone is 3. The monoisotopic (exact) mass is 394 g/mol. The first kappa shape index (κ1) is 20.6. The summed E-state index contributed by atoms with van der Waals surface area (Å²) in [5.74, 6) is 0.749. The second kappa shape index (κ2) is 8.47. The van der Waals surface area contributed by atoms with E-state index in [1.54, 1.807) is 42.5 Å². The van der Waals surface area contributed by atoms with E-state index in [4.69, 9.17) is 9.47 Å². The zero-order valence-corrected chi connectivity index (χ0v) is 17.2. The highest BCUT2D eigenvalue weighted by atomic mass is 16.5. The first-order valence-electron chi connectivity index (χ1n) is 9.66. The van der Waals surface area contributed by atoms with Gasteiger partial charge in [0.15, 0.2) is 6.61 Å². The molecule has 1 N–H and O–H groups in total. The standard InChI is InChI=1S/C23H26N2O4/c1-5-28-16-7-9-17(10-8-16)29-14-22(27)24-15-6-11-18-19(23(2,3)4)13-21(26)25-20(18)12-15/h6-13,18H,5,14H2,1-4H3,(H,25,26). The molecule has 0 bridgehead atoms. The van der Waals surface area contributed by atoms with Crippen molar-refractivity contribution in [1.82, 2.24) is 5.32 Å². The highest BCUT2D eigenvalue weighted by Crippen LogP contribution is 2.38. The molecule has 0 saturated heterocycles. The molecule has 0 saturated carbocycles. The van der Waals surface area contributed by atoms with Crippen LogP contribution in [0.25, 0.3) is 0 Å². The van der Waals surface area contributed by atoms with Gasteiger partial charge in [0.05, 0.1) is 12.3 Å². The molecule has 6 nitrogen and oxygen atoms in total. The summed E-state index contributed by atoms with van der Waals surface area (Å²) in [6.07, 6.45) is 7.17. The number of hydrogen-bond donors (Lipinski definition) is 1. The summed E-state index contributed by atoms with van der Waals surface area (Å²) in [6, 6.07) is 7.07. The van der Waals surface area contributed by atoms with Gasteiger partial charge in [-0.25, -0.2) is 4.99 Å². The van der Waals surface area contributed by atoms with Crippen LogP contribution in [0.2, 0.25) is 0 Å². The van der Waals surface area contributed by atoms with Gasteiger partial charge in [0.2, 0.25) is 5.91 Å². The third kappa shape index (κ3) is 5.22. The number of nitrogens with one attached hydrogen (secondary N) is 1. The van der Waals surface area contributed by atoms with Crippen molar-refractivity contribution < 1.29 is 19.1 Å². The number of benzene rings is 1. The quantitative estimate of drug-likeness (QED) is 0.828. The Kier molecular flexibility index (Phi) is 6.01. The number of rotatable bonds is 5. The lowest BCUT2D eigenvalue weighted by atomic mass is 9.74. The van der Waals surface area contributed by atoms with Crippen molar-refractivity contribution in [2.45, 2.75) is 27.7 Å². The van der Waals surface area contributed by atoms with Crippen molar-refractivity contribution in [2.75, 3.05) is 13.2 Å². The van der Waals surface area contributed by atoms with E-state index in [0.29, 0.717) is 18.1 Å². The van der Waals surface area contributed by atoms with Crippen LogP contribution in [-0.2, 0) is 9.59 Å². The summed E-state index contributed by atoms with van der Waals surface area (Å²) in [5.41, 5.74) is 2.13. The predicted octanol–water partition coefficient (Wildman–Crippen LogP) is 3.60. The van der Waals surface area contributed by atoms with Crippen LogP contribution < -0.4 is 14.8 Å². The molecule has 0 fully saturated rings. The van der Waals surface area contributed by atoms with Crippen LogP contribution in [0.1, 0.15) is 27.7 Å². The predicted molar refractivity (Wildman–Crippen MR) is 112 cm³/mol. The zero-order valence-electron chi connectivity index (χ0n) is 17.2. The summed E-state index contributed by atoms with van der Waals surface area (Å²) in [7, 11) is 0. The molecule has 0 aromatic heterocycles. The molecule has 1 aliphatic carbocycles. The first-order valence-corrected chi connectivity index (χ1v) is 9.66. The summed E-state index contributed by atoms with van der Waals surface area (Å²) in [6.45, 7) is 8.57. The molecule has 29 heavy (non-hydrogen) atoms. The van der Waals surface area contributed by atoms with Gasteiger partial charge in [-0.2, -0.15) is 0 Å². The number of nitrogens with zero attached hydrogens (tertiary/aromatic N) is 1. The number of hydrogen-bond acceptors (Lipinski definition) is 4. The van der Waals surface area contributed by atoms with E-state index in [9.17, 15) is 9.59 Å². The number of carbonyl (C=O) groups is 2. The van der Waals surface area contributed by atoms with Gasteiger partial charge in [-0.15, -0.1) is 0 Å². The van der Waals surface area contributed by atoms with E-state index in [2.05, 4.69) is 31.1 Å². The lowest BCUT2D eigenvalue weighted by Gasteiger charge is -2.34. The van der Waals surface area contributed by atoms with E-state index < -0.39 is 5.91 Å². The zero-order chi connectivity index (χ0) is 21.0. The van der Waals surface area contributed by atoms with Gasteiger partial charge < -0.3 is 14.8 Å². The van der Waals surface area contributed by atoms with Crippen LogP contribution >= 0.6 is 0 Å². The van der Waals surface area contributed by atoms with Gasteiger partial charge >= 0.3 is 0 Å². The molecule has 0 spiro atoms. The minimum atomic E-state index is -0.400. The lowest BCUT2D eigenvalue weighted by Crippen LogP contribution is -2.36. The van der Waals surface area contributed by atoms with Crippen LogP contribution in [-0.4, -0.2) is 30.7 Å². The fourth-order valence-electron chi connectivity index (χ4n) is 3.26.